The average molecular weight is 530 g/mol. The van der Waals surface area contributed by atoms with Crippen LogP contribution in [0.1, 0.15) is 31.0 Å². The van der Waals surface area contributed by atoms with E-state index in [1.165, 1.54) is 18.2 Å². The highest BCUT2D eigenvalue weighted by Gasteiger charge is 2.38. The number of nitrogens with zero attached hydrogens (tertiary/aromatic N) is 4. The van der Waals surface area contributed by atoms with Crippen molar-refractivity contribution < 1.29 is 17.9 Å². The van der Waals surface area contributed by atoms with E-state index in [0.29, 0.717) is 29.1 Å². The largest absolute Gasteiger partial charge is 0.573 e. The van der Waals surface area contributed by atoms with Crippen molar-refractivity contribution in [2.75, 3.05) is 23.8 Å². The molecule has 5 rings (SSSR count). The van der Waals surface area contributed by atoms with Crippen molar-refractivity contribution in [1.82, 2.24) is 14.5 Å². The first kappa shape index (κ1) is 25.1. The van der Waals surface area contributed by atoms with Crippen molar-refractivity contribution in [3.8, 4) is 5.75 Å². The smallest absolute Gasteiger partial charge is 0.406 e. The van der Waals surface area contributed by atoms with E-state index in [4.69, 9.17) is 16.6 Å². The molecular formula is C27H27ClF3N5O. The van der Waals surface area contributed by atoms with Gasteiger partial charge in [0.05, 0.1) is 12.2 Å². The third-order valence-electron chi connectivity index (χ3n) is 6.53. The molecule has 0 aliphatic carbocycles. The number of imidazole rings is 1. The maximum absolute atomic E-state index is 12.8. The Morgan fingerprint density at radius 1 is 1.19 bits per heavy atom. The van der Waals surface area contributed by atoms with Crippen molar-refractivity contribution in [3.05, 3.63) is 83.3 Å². The predicted molar refractivity (Wildman–Crippen MR) is 140 cm³/mol. The lowest BCUT2D eigenvalue weighted by Crippen LogP contribution is -2.35. The Morgan fingerprint density at radius 2 is 1.95 bits per heavy atom. The van der Waals surface area contributed by atoms with Crippen LogP contribution in [0.15, 0.2) is 67.0 Å². The Balaban J connectivity index is 1.55. The highest BCUT2D eigenvalue weighted by Crippen LogP contribution is 2.44. The van der Waals surface area contributed by atoms with Crippen LogP contribution in [-0.4, -0.2) is 34.4 Å². The molecule has 0 amide bonds. The van der Waals surface area contributed by atoms with Crippen molar-refractivity contribution in [2.24, 2.45) is 5.92 Å². The van der Waals surface area contributed by atoms with Gasteiger partial charge in [-0.1, -0.05) is 49.7 Å². The number of alkyl halides is 3. The van der Waals surface area contributed by atoms with Gasteiger partial charge in [0.25, 0.3) is 0 Å². The molecule has 1 unspecified atom stereocenters. The van der Waals surface area contributed by atoms with Gasteiger partial charge < -0.3 is 24.4 Å². The summed E-state index contributed by atoms with van der Waals surface area (Å²) in [5, 5.41) is 3.83. The maximum atomic E-state index is 12.8. The molecule has 0 radical (unpaired) electrons. The fraction of sp³-hybridized carbons (Fsp3) is 0.296. The summed E-state index contributed by atoms with van der Waals surface area (Å²) in [5.41, 5.74) is 3.08. The van der Waals surface area contributed by atoms with Crippen LogP contribution >= 0.6 is 11.6 Å². The number of hydrogen-bond donors (Lipinski definition) is 1. The van der Waals surface area contributed by atoms with Gasteiger partial charge >= 0.3 is 6.36 Å². The number of anilines is 3. The molecule has 37 heavy (non-hydrogen) atoms. The van der Waals surface area contributed by atoms with Gasteiger partial charge in [-0.2, -0.15) is 4.98 Å². The first-order valence-electron chi connectivity index (χ1n) is 12.0. The quantitative estimate of drug-likeness (QED) is 0.350. The molecule has 3 aromatic rings. The predicted octanol–water partition coefficient (Wildman–Crippen LogP) is 7.22. The molecule has 0 saturated carbocycles. The number of benzene rings is 2. The third kappa shape index (κ3) is 5.13. The van der Waals surface area contributed by atoms with Crippen molar-refractivity contribution in [1.29, 1.82) is 0 Å². The molecule has 0 bridgehead atoms. The van der Waals surface area contributed by atoms with Crippen LogP contribution in [0.4, 0.5) is 30.6 Å². The van der Waals surface area contributed by atoms with Gasteiger partial charge in [0.2, 0.25) is 5.95 Å². The number of aromatic nitrogens is 2. The van der Waals surface area contributed by atoms with Gasteiger partial charge in [0.1, 0.15) is 17.3 Å². The third-order valence-corrected chi connectivity index (χ3v) is 6.78. The fourth-order valence-corrected chi connectivity index (χ4v) is 5.01. The lowest BCUT2D eigenvalue weighted by Gasteiger charge is -2.36. The average Bonchev–Trinajstić information content (AvgIpc) is 3.41. The fourth-order valence-electron chi connectivity index (χ4n) is 4.89. The summed E-state index contributed by atoms with van der Waals surface area (Å²) in [6, 6.07) is 13.2. The molecule has 3 heterocycles. The number of fused-ring (bicyclic) bond motifs is 2. The van der Waals surface area contributed by atoms with Gasteiger partial charge in [-0.25, -0.2) is 0 Å². The second-order valence-corrected chi connectivity index (χ2v) is 9.65. The SMILES string of the molecule is C=C1c2c(nc(Nc3cccc(OC(F)(F)F)c3)n2Cc2ccc(Cl)cc2)N(C)C2=CC(CCC)CN12. The van der Waals surface area contributed by atoms with Gasteiger partial charge in [0, 0.05) is 30.4 Å². The van der Waals surface area contributed by atoms with E-state index in [-0.39, 0.29) is 5.75 Å². The molecule has 2 aromatic carbocycles. The van der Waals surface area contributed by atoms with Gasteiger partial charge in [-0.15, -0.1) is 13.2 Å². The monoisotopic (exact) mass is 529 g/mol. The molecule has 1 aromatic heterocycles. The minimum absolute atomic E-state index is 0.313. The maximum Gasteiger partial charge on any atom is 0.573 e. The minimum atomic E-state index is -4.78. The van der Waals surface area contributed by atoms with Crippen molar-refractivity contribution in [3.63, 3.8) is 0 Å². The Morgan fingerprint density at radius 3 is 2.65 bits per heavy atom. The molecule has 10 heteroatoms. The molecule has 2 aliphatic rings. The molecular weight excluding hydrogens is 503 g/mol. The van der Waals surface area contributed by atoms with Crippen LogP contribution in [0.25, 0.3) is 5.70 Å². The van der Waals surface area contributed by atoms with Crippen LogP contribution in [0.3, 0.4) is 0 Å². The normalized spacial score (nSPS) is 17.0. The second kappa shape index (κ2) is 9.70. The molecule has 1 N–H and O–H groups in total. The molecule has 194 valence electrons. The lowest BCUT2D eigenvalue weighted by atomic mass is 10.1. The van der Waals surface area contributed by atoms with Gasteiger partial charge in [-0.3, -0.25) is 0 Å². The zero-order valence-electron chi connectivity index (χ0n) is 20.5. The van der Waals surface area contributed by atoms with E-state index >= 15 is 0 Å². The van der Waals surface area contributed by atoms with Crippen LogP contribution in [0.2, 0.25) is 5.02 Å². The van der Waals surface area contributed by atoms with Crippen LogP contribution in [-0.2, 0) is 6.54 Å². The molecule has 0 spiro atoms. The highest BCUT2D eigenvalue weighted by molar-refractivity contribution is 6.30. The van der Waals surface area contributed by atoms with E-state index in [1.807, 2.05) is 40.8 Å². The summed E-state index contributed by atoms with van der Waals surface area (Å²) in [5.74, 6) is 2.36. The standard InChI is InChI=1S/C27H27ClF3N5O/c1-4-6-19-13-23-34(3)25-24(17(2)35(23)16-19)36(15-18-9-11-20(28)12-10-18)26(33-25)32-21-7-5-8-22(14-21)37-27(29,30)31/h5,7-14,19H,2,4,6,15-16H2,1,3H3,(H,32,33). The Labute approximate surface area is 218 Å². The molecule has 2 aliphatic heterocycles. The summed E-state index contributed by atoms with van der Waals surface area (Å²) in [6.07, 6.45) is -0.327. The summed E-state index contributed by atoms with van der Waals surface area (Å²) in [7, 11) is 1.97. The molecule has 0 saturated heterocycles. The highest BCUT2D eigenvalue weighted by atomic mass is 35.5. The second-order valence-electron chi connectivity index (χ2n) is 9.21. The number of hydrogen-bond acceptors (Lipinski definition) is 5. The topological polar surface area (TPSA) is 45.6 Å². The zero-order valence-corrected chi connectivity index (χ0v) is 21.3. The number of rotatable bonds is 7. The Hall–Kier alpha value is -3.59. The van der Waals surface area contributed by atoms with E-state index in [0.717, 1.165) is 48.0 Å². The summed E-state index contributed by atoms with van der Waals surface area (Å²) in [6.45, 7) is 7.90. The lowest BCUT2D eigenvalue weighted by molar-refractivity contribution is -0.274. The summed E-state index contributed by atoms with van der Waals surface area (Å²) < 4.78 is 44.4. The molecule has 0 fully saturated rings. The molecule has 1 atom stereocenters. The van der Waals surface area contributed by atoms with E-state index in [2.05, 4.69) is 34.5 Å². The number of ether oxygens (including phenoxy) is 1. The first-order chi connectivity index (χ1) is 17.6. The zero-order chi connectivity index (χ0) is 26.3. The van der Waals surface area contributed by atoms with Crippen molar-refractivity contribution >= 4 is 34.8 Å². The van der Waals surface area contributed by atoms with Crippen LogP contribution in [0.5, 0.6) is 5.75 Å². The van der Waals surface area contributed by atoms with E-state index in [1.54, 1.807) is 6.07 Å². The first-order valence-corrected chi connectivity index (χ1v) is 12.4. The van der Waals surface area contributed by atoms with Gasteiger partial charge in [-0.05, 0) is 48.2 Å². The van der Waals surface area contributed by atoms with Gasteiger partial charge in [0.15, 0.2) is 5.82 Å². The van der Waals surface area contributed by atoms with E-state index in [9.17, 15) is 13.2 Å². The number of nitrogens with one attached hydrogen (secondary N) is 1. The number of halogens is 4. The van der Waals surface area contributed by atoms with Crippen molar-refractivity contribution in [2.45, 2.75) is 32.7 Å². The Kier molecular flexibility index (Phi) is 6.58. The molecule has 6 nitrogen and oxygen atoms in total. The van der Waals surface area contributed by atoms with E-state index < -0.39 is 6.36 Å². The summed E-state index contributed by atoms with van der Waals surface area (Å²) in [4.78, 5) is 9.15. The summed E-state index contributed by atoms with van der Waals surface area (Å²) >= 11 is 6.09. The van der Waals surface area contributed by atoms with Crippen LogP contribution in [0, 0.1) is 5.92 Å². The Bertz CT molecular complexity index is 1350. The minimum Gasteiger partial charge on any atom is -0.406 e. The van der Waals surface area contributed by atoms with Crippen LogP contribution < -0.4 is 15.0 Å².